The van der Waals surface area contributed by atoms with Gasteiger partial charge in [-0.15, -0.1) is 0 Å². The van der Waals surface area contributed by atoms with Gasteiger partial charge in [-0.25, -0.2) is 9.37 Å². The largest absolute Gasteiger partial charge is 0.479 e. The zero-order valence-corrected chi connectivity index (χ0v) is 11.8. The Kier molecular flexibility index (Phi) is 3.96. The number of rotatable bonds is 5. The van der Waals surface area contributed by atoms with Crippen molar-refractivity contribution in [1.29, 1.82) is 0 Å². The van der Waals surface area contributed by atoms with Crippen molar-refractivity contribution in [3.63, 3.8) is 0 Å². The predicted molar refractivity (Wildman–Crippen MR) is 79.2 cm³/mol. The molecule has 0 saturated heterocycles. The second kappa shape index (κ2) is 6.22. The van der Waals surface area contributed by atoms with E-state index < -0.39 is 4.92 Å². The van der Waals surface area contributed by atoms with Crippen LogP contribution in [0.25, 0.3) is 11.4 Å². The number of nitro groups is 1. The molecule has 0 saturated carbocycles. The topological polar surface area (TPSA) is 93.9 Å². The molecule has 2 aromatic carbocycles. The minimum Gasteiger partial charge on any atom is -0.479 e. The number of para-hydroxylation sites is 2. The number of hydrogen-bond donors (Lipinski definition) is 1. The maximum Gasteiger partial charge on any atom is 0.310 e. The van der Waals surface area contributed by atoms with E-state index in [0.717, 1.165) is 0 Å². The van der Waals surface area contributed by atoms with Crippen LogP contribution in [0.15, 0.2) is 48.5 Å². The maximum absolute atomic E-state index is 13.2. The van der Waals surface area contributed by atoms with Crippen LogP contribution in [0.1, 0.15) is 5.82 Å². The summed E-state index contributed by atoms with van der Waals surface area (Å²) < 4.78 is 18.6. The first-order chi connectivity index (χ1) is 11.1. The lowest BCUT2D eigenvalue weighted by Crippen LogP contribution is -2.00. The van der Waals surface area contributed by atoms with Crippen molar-refractivity contribution >= 4 is 5.69 Å². The van der Waals surface area contributed by atoms with E-state index in [0.29, 0.717) is 17.2 Å². The standard InChI is InChI=1S/C15H11FN4O3/c16-11-5-3-4-10(8-11)15-17-14(18-19-15)9-23-13-7-2-1-6-12(13)20(21)22/h1-8H,9H2,(H,17,18,19). The first-order valence-electron chi connectivity index (χ1n) is 6.67. The summed E-state index contributed by atoms with van der Waals surface area (Å²) in [6.45, 7) is -0.0207. The van der Waals surface area contributed by atoms with Crippen molar-refractivity contribution in [2.75, 3.05) is 0 Å². The number of hydrogen-bond acceptors (Lipinski definition) is 5. The monoisotopic (exact) mass is 314 g/mol. The van der Waals surface area contributed by atoms with Gasteiger partial charge in [-0.05, 0) is 18.2 Å². The molecule has 0 unspecified atom stereocenters. The number of benzene rings is 2. The van der Waals surface area contributed by atoms with Crippen LogP contribution in [0.4, 0.5) is 10.1 Å². The summed E-state index contributed by atoms with van der Waals surface area (Å²) in [4.78, 5) is 14.6. The van der Waals surface area contributed by atoms with Crippen LogP contribution < -0.4 is 4.74 Å². The molecule has 0 amide bonds. The van der Waals surface area contributed by atoms with Crippen molar-refractivity contribution in [3.8, 4) is 17.1 Å². The molecule has 1 heterocycles. The summed E-state index contributed by atoms with van der Waals surface area (Å²) in [6.07, 6.45) is 0. The number of nitro benzene ring substituents is 1. The average Bonchev–Trinajstić information content (AvgIpc) is 3.02. The lowest BCUT2D eigenvalue weighted by atomic mass is 10.2. The smallest absolute Gasteiger partial charge is 0.310 e. The van der Waals surface area contributed by atoms with Crippen LogP contribution in [0, 0.1) is 15.9 Å². The van der Waals surface area contributed by atoms with Gasteiger partial charge in [0.2, 0.25) is 0 Å². The first-order valence-corrected chi connectivity index (χ1v) is 6.67. The Morgan fingerprint density at radius 1 is 1.22 bits per heavy atom. The Hall–Kier alpha value is -3.29. The highest BCUT2D eigenvalue weighted by Gasteiger charge is 2.14. The fourth-order valence-electron chi connectivity index (χ4n) is 1.99. The van der Waals surface area contributed by atoms with Crippen LogP contribution in [0.2, 0.25) is 0 Å². The van der Waals surface area contributed by atoms with E-state index in [1.165, 1.54) is 24.3 Å². The Morgan fingerprint density at radius 2 is 2.04 bits per heavy atom. The molecule has 116 valence electrons. The number of halogens is 1. The molecule has 0 fully saturated rings. The Bertz CT molecular complexity index is 850. The van der Waals surface area contributed by atoms with Gasteiger partial charge in [0.1, 0.15) is 12.4 Å². The van der Waals surface area contributed by atoms with E-state index in [1.807, 2.05) is 0 Å². The molecule has 1 aromatic heterocycles. The summed E-state index contributed by atoms with van der Waals surface area (Å²) in [6, 6.07) is 11.9. The highest BCUT2D eigenvalue weighted by molar-refractivity contribution is 5.54. The van der Waals surface area contributed by atoms with Crippen LogP contribution in [-0.4, -0.2) is 20.1 Å². The van der Waals surface area contributed by atoms with Crippen molar-refractivity contribution in [1.82, 2.24) is 15.2 Å². The minimum absolute atomic E-state index is 0.0207. The highest BCUT2D eigenvalue weighted by atomic mass is 19.1. The van der Waals surface area contributed by atoms with Gasteiger partial charge >= 0.3 is 5.69 Å². The fourth-order valence-corrected chi connectivity index (χ4v) is 1.99. The van der Waals surface area contributed by atoms with E-state index in [2.05, 4.69) is 15.2 Å². The molecule has 0 aliphatic heterocycles. The number of aromatic amines is 1. The van der Waals surface area contributed by atoms with Gasteiger partial charge in [0.05, 0.1) is 4.92 Å². The molecular weight excluding hydrogens is 303 g/mol. The van der Waals surface area contributed by atoms with Gasteiger partial charge in [0, 0.05) is 11.6 Å². The van der Waals surface area contributed by atoms with Crippen molar-refractivity contribution in [3.05, 3.63) is 70.3 Å². The molecular formula is C15H11FN4O3. The van der Waals surface area contributed by atoms with Crippen LogP contribution in [-0.2, 0) is 6.61 Å². The molecule has 0 spiro atoms. The summed E-state index contributed by atoms with van der Waals surface area (Å²) in [5.74, 6) is 0.458. The Labute approximate surface area is 129 Å². The number of H-pyrrole nitrogens is 1. The van der Waals surface area contributed by atoms with E-state index in [4.69, 9.17) is 4.74 Å². The molecule has 0 aliphatic rings. The zero-order valence-electron chi connectivity index (χ0n) is 11.8. The summed E-state index contributed by atoms with van der Waals surface area (Å²) in [5, 5.41) is 17.6. The summed E-state index contributed by atoms with van der Waals surface area (Å²) in [5.41, 5.74) is 0.399. The minimum atomic E-state index is -0.520. The Morgan fingerprint density at radius 3 is 2.83 bits per heavy atom. The van der Waals surface area contributed by atoms with Gasteiger partial charge in [0.25, 0.3) is 0 Å². The van der Waals surface area contributed by atoms with E-state index >= 15 is 0 Å². The maximum atomic E-state index is 13.2. The lowest BCUT2D eigenvalue weighted by Gasteiger charge is -2.03. The van der Waals surface area contributed by atoms with Crippen LogP contribution >= 0.6 is 0 Å². The summed E-state index contributed by atoms with van der Waals surface area (Å²) in [7, 11) is 0. The molecule has 3 aromatic rings. The van der Waals surface area contributed by atoms with E-state index in [-0.39, 0.29) is 23.9 Å². The van der Waals surface area contributed by atoms with Crippen molar-refractivity contribution in [2.24, 2.45) is 0 Å². The molecule has 0 radical (unpaired) electrons. The number of ether oxygens (including phenoxy) is 1. The zero-order chi connectivity index (χ0) is 16.2. The molecule has 23 heavy (non-hydrogen) atoms. The van der Waals surface area contributed by atoms with Gasteiger partial charge in [-0.2, -0.15) is 5.10 Å². The first kappa shape index (κ1) is 14.6. The number of nitrogens with zero attached hydrogens (tertiary/aromatic N) is 3. The second-order valence-corrected chi connectivity index (χ2v) is 4.63. The van der Waals surface area contributed by atoms with Crippen molar-refractivity contribution < 1.29 is 14.1 Å². The SMILES string of the molecule is O=[N+]([O-])c1ccccc1OCc1nc(-c2cccc(F)c2)n[nH]1. The van der Waals surface area contributed by atoms with Crippen LogP contribution in [0.3, 0.4) is 0 Å². The van der Waals surface area contributed by atoms with Gasteiger partial charge in [-0.3, -0.25) is 15.2 Å². The van der Waals surface area contributed by atoms with Gasteiger partial charge in [0.15, 0.2) is 17.4 Å². The second-order valence-electron chi connectivity index (χ2n) is 4.63. The molecule has 7 nitrogen and oxygen atoms in total. The normalized spacial score (nSPS) is 10.5. The fraction of sp³-hybridized carbons (Fsp3) is 0.0667. The molecule has 0 aliphatic carbocycles. The van der Waals surface area contributed by atoms with Crippen LogP contribution in [0.5, 0.6) is 5.75 Å². The highest BCUT2D eigenvalue weighted by Crippen LogP contribution is 2.26. The quantitative estimate of drug-likeness (QED) is 0.577. The van der Waals surface area contributed by atoms with Crippen molar-refractivity contribution in [2.45, 2.75) is 6.61 Å². The third kappa shape index (κ3) is 3.31. The third-order valence-electron chi connectivity index (χ3n) is 3.04. The molecule has 1 N–H and O–H groups in total. The average molecular weight is 314 g/mol. The molecule has 0 bridgehead atoms. The predicted octanol–water partition coefficient (Wildman–Crippen LogP) is 3.10. The van der Waals surface area contributed by atoms with E-state index in [1.54, 1.807) is 24.3 Å². The molecule has 0 atom stereocenters. The number of aromatic nitrogens is 3. The van der Waals surface area contributed by atoms with Gasteiger partial charge in [-0.1, -0.05) is 24.3 Å². The van der Waals surface area contributed by atoms with Gasteiger partial charge < -0.3 is 4.74 Å². The number of nitrogens with one attached hydrogen (secondary N) is 1. The lowest BCUT2D eigenvalue weighted by molar-refractivity contribution is -0.385. The van der Waals surface area contributed by atoms with E-state index in [9.17, 15) is 14.5 Å². The molecule has 3 rings (SSSR count). The summed E-state index contributed by atoms with van der Waals surface area (Å²) >= 11 is 0. The Balaban J connectivity index is 1.74. The third-order valence-corrected chi connectivity index (χ3v) is 3.04. The molecule has 8 heteroatoms.